The first kappa shape index (κ1) is 19.8. The van der Waals surface area contributed by atoms with Crippen LogP contribution in [0, 0.1) is 11.6 Å². The number of nitrogens with zero attached hydrogens (tertiary/aromatic N) is 1. The Morgan fingerprint density at radius 3 is 2.42 bits per heavy atom. The van der Waals surface area contributed by atoms with Crippen LogP contribution in [0.2, 0.25) is 0 Å². The average Bonchev–Trinajstić information content (AvgIpc) is 2.64. The zero-order valence-corrected chi connectivity index (χ0v) is 15.7. The molecule has 2 aromatic rings. The maximum absolute atomic E-state index is 13.6. The maximum Gasteiger partial charge on any atom is 0.251 e. The molecule has 5 nitrogen and oxygen atoms in total. The fourth-order valence-electron chi connectivity index (χ4n) is 2.14. The number of benzene rings is 2. The quantitative estimate of drug-likeness (QED) is 0.379. The van der Waals surface area contributed by atoms with Crippen molar-refractivity contribution in [2.45, 2.75) is 6.54 Å². The molecular weight excluding hydrogens is 406 g/mol. The van der Waals surface area contributed by atoms with Crippen LogP contribution in [0.4, 0.5) is 8.78 Å². The monoisotopic (exact) mass is 424 g/mol. The van der Waals surface area contributed by atoms with Gasteiger partial charge in [-0.2, -0.15) is 0 Å². The topological polar surface area (TPSA) is 65.5 Å². The molecular formula is C18H19BrF2N4O. The Kier molecular flexibility index (Phi) is 7.53. The van der Waals surface area contributed by atoms with Gasteiger partial charge in [-0.25, -0.2) is 8.78 Å². The number of carbonyl (C=O) groups excluding carboxylic acids is 1. The molecule has 0 atom stereocenters. The molecule has 0 saturated carbocycles. The van der Waals surface area contributed by atoms with Crippen LogP contribution in [0.1, 0.15) is 15.9 Å². The lowest BCUT2D eigenvalue weighted by molar-refractivity contribution is 0.0954. The second kappa shape index (κ2) is 9.86. The van der Waals surface area contributed by atoms with Crippen LogP contribution in [0.15, 0.2) is 51.9 Å². The van der Waals surface area contributed by atoms with Crippen LogP contribution in [0.5, 0.6) is 0 Å². The highest BCUT2D eigenvalue weighted by molar-refractivity contribution is 9.10. The van der Waals surface area contributed by atoms with E-state index in [0.29, 0.717) is 24.6 Å². The summed E-state index contributed by atoms with van der Waals surface area (Å²) in [6.07, 6.45) is 0. The fraction of sp³-hybridized carbons (Fsp3) is 0.222. The summed E-state index contributed by atoms with van der Waals surface area (Å²) >= 11 is 3.32. The molecule has 3 N–H and O–H groups in total. The van der Waals surface area contributed by atoms with Crippen molar-refractivity contribution in [2.75, 3.05) is 20.1 Å². The minimum atomic E-state index is -0.498. The highest BCUT2D eigenvalue weighted by atomic mass is 79.9. The van der Waals surface area contributed by atoms with Crippen LogP contribution in [-0.2, 0) is 6.54 Å². The van der Waals surface area contributed by atoms with Gasteiger partial charge in [0, 0.05) is 42.3 Å². The Morgan fingerprint density at radius 2 is 1.73 bits per heavy atom. The first-order chi connectivity index (χ1) is 12.5. The molecule has 2 rings (SSSR count). The summed E-state index contributed by atoms with van der Waals surface area (Å²) in [5, 5.41) is 8.66. The molecule has 0 heterocycles. The predicted molar refractivity (Wildman–Crippen MR) is 101 cm³/mol. The summed E-state index contributed by atoms with van der Waals surface area (Å²) in [6.45, 7) is 0.895. The van der Waals surface area contributed by atoms with E-state index in [0.717, 1.165) is 22.7 Å². The van der Waals surface area contributed by atoms with Gasteiger partial charge in [0.05, 0.1) is 0 Å². The Balaban J connectivity index is 1.74. The molecule has 0 aliphatic carbocycles. The highest BCUT2D eigenvalue weighted by Crippen LogP contribution is 2.10. The van der Waals surface area contributed by atoms with Crippen molar-refractivity contribution in [3.05, 3.63) is 69.7 Å². The van der Waals surface area contributed by atoms with Gasteiger partial charge in [-0.15, -0.1) is 0 Å². The van der Waals surface area contributed by atoms with Gasteiger partial charge in [0.2, 0.25) is 0 Å². The zero-order valence-electron chi connectivity index (χ0n) is 14.2. The van der Waals surface area contributed by atoms with E-state index in [1.54, 1.807) is 31.3 Å². The summed E-state index contributed by atoms with van der Waals surface area (Å²) in [6, 6.07) is 10.3. The summed E-state index contributed by atoms with van der Waals surface area (Å²) < 4.78 is 27.6. The molecule has 8 heteroatoms. The fourth-order valence-corrected chi connectivity index (χ4v) is 2.40. The van der Waals surface area contributed by atoms with E-state index in [2.05, 4.69) is 36.9 Å². The molecule has 0 bridgehead atoms. The number of carbonyl (C=O) groups is 1. The zero-order chi connectivity index (χ0) is 18.9. The second-order valence-corrected chi connectivity index (χ2v) is 6.27. The first-order valence-electron chi connectivity index (χ1n) is 7.92. The number of amides is 1. The van der Waals surface area contributed by atoms with Crippen molar-refractivity contribution in [2.24, 2.45) is 4.99 Å². The van der Waals surface area contributed by atoms with Crippen molar-refractivity contribution in [3.63, 3.8) is 0 Å². The van der Waals surface area contributed by atoms with Gasteiger partial charge in [-0.3, -0.25) is 9.79 Å². The summed E-state index contributed by atoms with van der Waals surface area (Å²) in [7, 11) is 1.57. The number of aliphatic imine (C=N–C) groups is 1. The molecule has 0 saturated heterocycles. The van der Waals surface area contributed by atoms with E-state index in [4.69, 9.17) is 0 Å². The van der Waals surface area contributed by atoms with E-state index in [1.165, 1.54) is 0 Å². The maximum atomic E-state index is 13.6. The third-order valence-electron chi connectivity index (χ3n) is 3.49. The van der Waals surface area contributed by atoms with E-state index in [-0.39, 0.29) is 18.0 Å². The smallest absolute Gasteiger partial charge is 0.251 e. The van der Waals surface area contributed by atoms with Gasteiger partial charge in [-0.1, -0.05) is 15.9 Å². The summed E-state index contributed by atoms with van der Waals surface area (Å²) in [4.78, 5) is 16.0. The first-order valence-corrected chi connectivity index (χ1v) is 8.71. The molecule has 0 fully saturated rings. The molecule has 0 spiro atoms. The van der Waals surface area contributed by atoms with E-state index in [1.807, 2.05) is 0 Å². The van der Waals surface area contributed by atoms with Gasteiger partial charge >= 0.3 is 0 Å². The molecule has 0 unspecified atom stereocenters. The third kappa shape index (κ3) is 6.11. The molecule has 2 aromatic carbocycles. The molecule has 1 amide bonds. The lowest BCUT2D eigenvalue weighted by atomic mass is 10.2. The molecule has 0 aromatic heterocycles. The van der Waals surface area contributed by atoms with Crippen LogP contribution >= 0.6 is 15.9 Å². The SMILES string of the molecule is CN=C(NCCNC(=O)c1ccc(Br)cc1)NCc1cc(F)ccc1F. The number of hydrogen-bond acceptors (Lipinski definition) is 2. The lowest BCUT2D eigenvalue weighted by Crippen LogP contribution is -2.41. The standard InChI is InChI=1S/C18H19BrF2N4O/c1-22-18(25-11-13-10-15(20)6-7-16(13)21)24-9-8-23-17(26)12-2-4-14(19)5-3-12/h2-7,10H,8-9,11H2,1H3,(H,23,26)(H2,22,24,25). The van der Waals surface area contributed by atoms with Crippen LogP contribution in [-0.4, -0.2) is 32.0 Å². The minimum absolute atomic E-state index is 0.0918. The van der Waals surface area contributed by atoms with E-state index >= 15 is 0 Å². The minimum Gasteiger partial charge on any atom is -0.355 e. The van der Waals surface area contributed by atoms with Gasteiger partial charge in [-0.05, 0) is 42.5 Å². The molecule has 26 heavy (non-hydrogen) atoms. The second-order valence-electron chi connectivity index (χ2n) is 5.35. The third-order valence-corrected chi connectivity index (χ3v) is 4.02. The number of hydrogen-bond donors (Lipinski definition) is 3. The largest absolute Gasteiger partial charge is 0.355 e. The normalized spacial score (nSPS) is 11.2. The van der Waals surface area contributed by atoms with Crippen LogP contribution in [0.25, 0.3) is 0 Å². The highest BCUT2D eigenvalue weighted by Gasteiger charge is 2.06. The van der Waals surface area contributed by atoms with Crippen molar-refractivity contribution >= 4 is 27.8 Å². The van der Waals surface area contributed by atoms with E-state index in [9.17, 15) is 13.6 Å². The Bertz CT molecular complexity index is 781. The molecule has 0 aliphatic rings. The van der Waals surface area contributed by atoms with Crippen molar-refractivity contribution < 1.29 is 13.6 Å². The molecule has 138 valence electrons. The number of halogens is 3. The van der Waals surface area contributed by atoms with Crippen LogP contribution in [0.3, 0.4) is 0 Å². The predicted octanol–water partition coefficient (Wildman–Crippen LogP) is 2.82. The molecule has 0 aliphatic heterocycles. The van der Waals surface area contributed by atoms with Crippen molar-refractivity contribution in [3.8, 4) is 0 Å². The van der Waals surface area contributed by atoms with Gasteiger partial charge < -0.3 is 16.0 Å². The Morgan fingerprint density at radius 1 is 1.04 bits per heavy atom. The van der Waals surface area contributed by atoms with Crippen molar-refractivity contribution in [1.82, 2.24) is 16.0 Å². The van der Waals surface area contributed by atoms with Gasteiger partial charge in [0.25, 0.3) is 5.91 Å². The number of rotatable bonds is 6. The lowest BCUT2D eigenvalue weighted by Gasteiger charge is -2.13. The number of nitrogens with one attached hydrogen (secondary N) is 3. The summed E-state index contributed by atoms with van der Waals surface area (Å²) in [5.74, 6) is -0.742. The van der Waals surface area contributed by atoms with E-state index < -0.39 is 11.6 Å². The van der Waals surface area contributed by atoms with Crippen LogP contribution < -0.4 is 16.0 Å². The van der Waals surface area contributed by atoms with Crippen molar-refractivity contribution in [1.29, 1.82) is 0 Å². The summed E-state index contributed by atoms with van der Waals surface area (Å²) in [5.41, 5.74) is 0.772. The van der Waals surface area contributed by atoms with Gasteiger partial charge in [0.15, 0.2) is 5.96 Å². The molecule has 0 radical (unpaired) electrons. The Hall–Kier alpha value is -2.48. The average molecular weight is 425 g/mol. The Labute approximate surface area is 159 Å². The van der Waals surface area contributed by atoms with Gasteiger partial charge in [0.1, 0.15) is 11.6 Å². The number of guanidine groups is 1.